The summed E-state index contributed by atoms with van der Waals surface area (Å²) in [6.07, 6.45) is 6.56. The molecule has 122 valence electrons. The van der Waals surface area contributed by atoms with Crippen LogP contribution < -0.4 is 4.90 Å². The van der Waals surface area contributed by atoms with Gasteiger partial charge in [0.2, 0.25) is 11.8 Å². The molecule has 2 aliphatic rings. The van der Waals surface area contributed by atoms with Gasteiger partial charge in [0.25, 0.3) is 0 Å². The largest absolute Gasteiger partial charge is 0.337 e. The second-order valence-corrected chi connectivity index (χ2v) is 6.19. The SMILES string of the molecule is O=C(Cc1ccccn1)N1CC[C@H]2[C@H]1CC(=O)N2c1cccnc1. The third kappa shape index (κ3) is 2.54. The number of rotatable bonds is 3. The molecular weight excluding hydrogens is 304 g/mol. The molecule has 6 nitrogen and oxygen atoms in total. The summed E-state index contributed by atoms with van der Waals surface area (Å²) in [5, 5.41) is 0. The lowest BCUT2D eigenvalue weighted by Gasteiger charge is -2.25. The van der Waals surface area contributed by atoms with Crippen LogP contribution in [-0.2, 0) is 16.0 Å². The van der Waals surface area contributed by atoms with Gasteiger partial charge in [0, 0.05) is 31.1 Å². The smallest absolute Gasteiger partial charge is 0.229 e. The van der Waals surface area contributed by atoms with Crippen LogP contribution in [0.2, 0.25) is 0 Å². The maximum Gasteiger partial charge on any atom is 0.229 e. The van der Waals surface area contributed by atoms with Gasteiger partial charge in [-0.3, -0.25) is 19.6 Å². The van der Waals surface area contributed by atoms with Crippen LogP contribution in [0.5, 0.6) is 0 Å². The molecule has 2 fully saturated rings. The molecule has 0 spiro atoms. The zero-order valence-corrected chi connectivity index (χ0v) is 13.2. The van der Waals surface area contributed by atoms with Gasteiger partial charge < -0.3 is 9.80 Å². The Kier molecular flexibility index (Phi) is 3.72. The van der Waals surface area contributed by atoms with Crippen molar-refractivity contribution in [2.45, 2.75) is 31.3 Å². The quantitative estimate of drug-likeness (QED) is 0.857. The predicted octanol–water partition coefficient (Wildman–Crippen LogP) is 1.43. The number of pyridine rings is 2. The minimum absolute atomic E-state index is 0.0436. The molecule has 2 aromatic heterocycles. The summed E-state index contributed by atoms with van der Waals surface area (Å²) in [5.74, 6) is 0.107. The maximum absolute atomic E-state index is 12.7. The van der Waals surface area contributed by atoms with Crippen molar-refractivity contribution in [3.05, 3.63) is 54.6 Å². The average molecular weight is 322 g/mol. The molecule has 6 heteroatoms. The van der Waals surface area contributed by atoms with Gasteiger partial charge in [-0.25, -0.2) is 0 Å². The molecule has 0 unspecified atom stereocenters. The molecule has 0 radical (unpaired) electrons. The second kappa shape index (κ2) is 6.03. The van der Waals surface area contributed by atoms with E-state index in [4.69, 9.17) is 0 Å². The number of likely N-dealkylation sites (tertiary alicyclic amines) is 1. The summed E-state index contributed by atoms with van der Waals surface area (Å²) in [6, 6.07) is 9.30. The molecule has 0 saturated carbocycles. The number of hydrogen-bond acceptors (Lipinski definition) is 4. The Morgan fingerprint density at radius 2 is 2.08 bits per heavy atom. The van der Waals surface area contributed by atoms with Gasteiger partial charge in [-0.05, 0) is 30.7 Å². The van der Waals surface area contributed by atoms with Crippen molar-refractivity contribution >= 4 is 17.5 Å². The summed E-state index contributed by atoms with van der Waals surface area (Å²) in [4.78, 5) is 37.1. The van der Waals surface area contributed by atoms with Crippen molar-refractivity contribution in [3.8, 4) is 0 Å². The van der Waals surface area contributed by atoms with E-state index in [9.17, 15) is 9.59 Å². The number of hydrogen-bond donors (Lipinski definition) is 0. The van der Waals surface area contributed by atoms with Crippen molar-refractivity contribution in [1.82, 2.24) is 14.9 Å². The summed E-state index contributed by atoms with van der Waals surface area (Å²) in [5.41, 5.74) is 1.58. The Labute approximate surface area is 140 Å². The van der Waals surface area contributed by atoms with Crippen LogP contribution in [0, 0.1) is 0 Å². The molecule has 2 aliphatic heterocycles. The lowest BCUT2D eigenvalue weighted by molar-refractivity contribution is -0.131. The first kappa shape index (κ1) is 14.8. The third-order valence-corrected chi connectivity index (χ3v) is 4.80. The normalized spacial score (nSPS) is 22.8. The molecule has 0 aromatic carbocycles. The topological polar surface area (TPSA) is 66.4 Å². The van der Waals surface area contributed by atoms with Crippen molar-refractivity contribution in [3.63, 3.8) is 0 Å². The fourth-order valence-corrected chi connectivity index (χ4v) is 3.75. The Morgan fingerprint density at radius 1 is 1.17 bits per heavy atom. The second-order valence-electron chi connectivity index (χ2n) is 6.19. The summed E-state index contributed by atoms with van der Waals surface area (Å²) in [7, 11) is 0. The molecule has 2 amide bonds. The third-order valence-electron chi connectivity index (χ3n) is 4.80. The highest BCUT2D eigenvalue weighted by molar-refractivity contribution is 5.98. The minimum atomic E-state index is -0.0473. The van der Waals surface area contributed by atoms with Crippen molar-refractivity contribution < 1.29 is 9.59 Å². The van der Waals surface area contributed by atoms with E-state index in [-0.39, 0.29) is 30.3 Å². The first-order valence-corrected chi connectivity index (χ1v) is 8.15. The van der Waals surface area contributed by atoms with Crippen LogP contribution in [-0.4, -0.2) is 45.3 Å². The van der Waals surface area contributed by atoms with Crippen LogP contribution >= 0.6 is 0 Å². The summed E-state index contributed by atoms with van der Waals surface area (Å²) in [6.45, 7) is 0.686. The number of amides is 2. The highest BCUT2D eigenvalue weighted by Crippen LogP contribution is 2.35. The molecule has 4 rings (SSSR count). The van der Waals surface area contributed by atoms with Gasteiger partial charge in [-0.1, -0.05) is 6.07 Å². The zero-order valence-electron chi connectivity index (χ0n) is 13.2. The molecule has 4 heterocycles. The Bertz CT molecular complexity index is 750. The van der Waals surface area contributed by atoms with E-state index in [0.717, 1.165) is 17.8 Å². The first-order chi connectivity index (χ1) is 11.7. The number of anilines is 1. The van der Waals surface area contributed by atoms with E-state index in [1.165, 1.54) is 0 Å². The lowest BCUT2D eigenvalue weighted by Crippen LogP contribution is -2.40. The standard InChI is InChI=1S/C18H18N4O2/c23-17(10-13-4-1-2-8-20-13)21-9-6-15-16(21)11-18(24)22(15)14-5-3-7-19-12-14/h1-5,7-8,12,15-16H,6,9-11H2/t15-,16+/m0/s1. The van der Waals surface area contributed by atoms with Gasteiger partial charge in [0.05, 0.1) is 30.4 Å². The molecule has 0 aliphatic carbocycles. The van der Waals surface area contributed by atoms with Crippen LogP contribution in [0.4, 0.5) is 5.69 Å². The maximum atomic E-state index is 12.7. The molecule has 0 N–H and O–H groups in total. The van der Waals surface area contributed by atoms with Crippen molar-refractivity contribution in [1.29, 1.82) is 0 Å². The van der Waals surface area contributed by atoms with E-state index in [1.54, 1.807) is 18.6 Å². The Balaban J connectivity index is 1.51. The highest BCUT2D eigenvalue weighted by Gasteiger charge is 2.48. The highest BCUT2D eigenvalue weighted by atomic mass is 16.2. The van der Waals surface area contributed by atoms with Gasteiger partial charge in [-0.15, -0.1) is 0 Å². The van der Waals surface area contributed by atoms with Crippen molar-refractivity contribution in [2.24, 2.45) is 0 Å². The molecular formula is C18H18N4O2. The Hall–Kier alpha value is -2.76. The number of fused-ring (bicyclic) bond motifs is 1. The summed E-state index contributed by atoms with van der Waals surface area (Å²) >= 11 is 0. The van der Waals surface area contributed by atoms with E-state index < -0.39 is 0 Å². The number of aromatic nitrogens is 2. The summed E-state index contributed by atoms with van der Waals surface area (Å²) < 4.78 is 0. The predicted molar refractivity (Wildman–Crippen MR) is 88.2 cm³/mol. The van der Waals surface area contributed by atoms with Crippen molar-refractivity contribution in [2.75, 3.05) is 11.4 Å². The van der Waals surface area contributed by atoms with Gasteiger partial charge in [0.1, 0.15) is 0 Å². The number of carbonyl (C=O) groups is 2. The average Bonchev–Trinajstić information content (AvgIpc) is 3.14. The van der Waals surface area contributed by atoms with E-state index in [2.05, 4.69) is 9.97 Å². The zero-order chi connectivity index (χ0) is 16.5. The van der Waals surface area contributed by atoms with E-state index in [0.29, 0.717) is 13.0 Å². The van der Waals surface area contributed by atoms with Crippen LogP contribution in [0.3, 0.4) is 0 Å². The lowest BCUT2D eigenvalue weighted by atomic mass is 10.1. The van der Waals surface area contributed by atoms with E-state index >= 15 is 0 Å². The van der Waals surface area contributed by atoms with Crippen LogP contribution in [0.1, 0.15) is 18.5 Å². The minimum Gasteiger partial charge on any atom is -0.337 e. The molecule has 2 aromatic rings. The first-order valence-electron chi connectivity index (χ1n) is 8.15. The van der Waals surface area contributed by atoms with E-state index in [1.807, 2.05) is 40.1 Å². The fraction of sp³-hybridized carbons (Fsp3) is 0.333. The van der Waals surface area contributed by atoms with Gasteiger partial charge in [0.15, 0.2) is 0 Å². The number of carbonyl (C=O) groups excluding carboxylic acids is 2. The molecule has 2 atom stereocenters. The Morgan fingerprint density at radius 3 is 2.83 bits per heavy atom. The molecule has 2 saturated heterocycles. The molecule has 0 bridgehead atoms. The fourth-order valence-electron chi connectivity index (χ4n) is 3.75. The monoisotopic (exact) mass is 322 g/mol. The molecule has 24 heavy (non-hydrogen) atoms. The van der Waals surface area contributed by atoms with Crippen LogP contribution in [0.15, 0.2) is 48.9 Å². The van der Waals surface area contributed by atoms with Crippen LogP contribution in [0.25, 0.3) is 0 Å². The number of nitrogens with zero attached hydrogens (tertiary/aromatic N) is 4. The van der Waals surface area contributed by atoms with Gasteiger partial charge in [-0.2, -0.15) is 0 Å². The van der Waals surface area contributed by atoms with Gasteiger partial charge >= 0.3 is 0 Å².